The van der Waals surface area contributed by atoms with Gasteiger partial charge < -0.3 is 9.73 Å². The summed E-state index contributed by atoms with van der Waals surface area (Å²) in [7, 11) is 1.85. The average molecular weight is 302 g/mol. The van der Waals surface area contributed by atoms with Gasteiger partial charge in [-0.05, 0) is 61.6 Å². The number of rotatable bonds is 4. The molecule has 108 valence electrons. The van der Waals surface area contributed by atoms with E-state index in [0.717, 1.165) is 21.6 Å². The third kappa shape index (κ3) is 2.94. The van der Waals surface area contributed by atoms with Crippen LogP contribution in [0.2, 0.25) is 0 Å². The molecule has 0 aliphatic carbocycles. The molecule has 0 saturated carbocycles. The largest absolute Gasteiger partial charge is 0.431 e. The Labute approximate surface area is 126 Å². The summed E-state index contributed by atoms with van der Waals surface area (Å²) in [6.45, 7) is 1.99. The maximum Gasteiger partial charge on any atom is 0.261 e. The molecule has 1 N–H and O–H groups in total. The van der Waals surface area contributed by atoms with Crippen molar-refractivity contribution >= 4 is 22.9 Å². The number of benzene rings is 2. The zero-order valence-corrected chi connectivity index (χ0v) is 12.6. The molecule has 3 nitrogen and oxygen atoms in total. The quantitative estimate of drug-likeness (QED) is 0.775. The summed E-state index contributed by atoms with van der Waals surface area (Å²) in [4.78, 5) is 5.37. The highest BCUT2D eigenvalue weighted by Gasteiger charge is 2.14. The van der Waals surface area contributed by atoms with Crippen molar-refractivity contribution in [1.82, 2.24) is 10.3 Å². The number of nitrogens with zero attached hydrogens (tertiary/aromatic N) is 1. The SMILES string of the molecule is CNC(C)c1cc(F)ccc1Sc1nc2ccccc2o1. The molecule has 1 aromatic heterocycles. The molecule has 0 aliphatic heterocycles. The first-order chi connectivity index (χ1) is 10.2. The monoisotopic (exact) mass is 302 g/mol. The highest BCUT2D eigenvalue weighted by Crippen LogP contribution is 2.34. The molecular weight excluding hydrogens is 287 g/mol. The molecule has 0 radical (unpaired) electrons. The number of aromatic nitrogens is 1. The van der Waals surface area contributed by atoms with Crippen LogP contribution >= 0.6 is 11.8 Å². The second-order valence-corrected chi connectivity index (χ2v) is 5.74. The van der Waals surface area contributed by atoms with E-state index in [1.165, 1.54) is 17.8 Å². The summed E-state index contributed by atoms with van der Waals surface area (Å²) in [6, 6.07) is 12.4. The first-order valence-corrected chi connectivity index (χ1v) is 7.49. The Kier molecular flexibility index (Phi) is 3.94. The Morgan fingerprint density at radius 3 is 2.81 bits per heavy atom. The van der Waals surface area contributed by atoms with Crippen molar-refractivity contribution in [2.75, 3.05) is 7.05 Å². The fourth-order valence-electron chi connectivity index (χ4n) is 2.09. The molecule has 3 aromatic rings. The van der Waals surface area contributed by atoms with Crippen LogP contribution in [0.15, 0.2) is 57.0 Å². The fraction of sp³-hybridized carbons (Fsp3) is 0.188. The Morgan fingerprint density at radius 2 is 2.05 bits per heavy atom. The van der Waals surface area contributed by atoms with Crippen molar-refractivity contribution in [3.63, 3.8) is 0 Å². The number of hydrogen-bond acceptors (Lipinski definition) is 4. The van der Waals surface area contributed by atoms with E-state index in [0.29, 0.717) is 5.22 Å². The summed E-state index contributed by atoms with van der Waals surface area (Å²) < 4.78 is 19.2. The van der Waals surface area contributed by atoms with E-state index in [1.807, 2.05) is 38.2 Å². The minimum atomic E-state index is -0.242. The lowest BCUT2D eigenvalue weighted by Gasteiger charge is -2.14. The van der Waals surface area contributed by atoms with Crippen molar-refractivity contribution in [2.45, 2.75) is 23.1 Å². The standard InChI is InChI=1S/C16H15FN2OS/c1-10(18-2)12-9-11(17)7-8-15(12)21-16-19-13-5-3-4-6-14(13)20-16/h3-10,18H,1-2H3. The number of hydrogen-bond donors (Lipinski definition) is 1. The van der Waals surface area contributed by atoms with Crippen molar-refractivity contribution in [3.8, 4) is 0 Å². The smallest absolute Gasteiger partial charge is 0.261 e. The molecular formula is C16H15FN2OS. The highest BCUT2D eigenvalue weighted by atomic mass is 32.2. The molecule has 0 bridgehead atoms. The van der Waals surface area contributed by atoms with Crippen LogP contribution in [0.1, 0.15) is 18.5 Å². The van der Waals surface area contributed by atoms with Gasteiger partial charge in [-0.25, -0.2) is 9.37 Å². The zero-order valence-electron chi connectivity index (χ0n) is 11.8. The summed E-state index contributed by atoms with van der Waals surface area (Å²) >= 11 is 1.41. The van der Waals surface area contributed by atoms with E-state index >= 15 is 0 Å². The van der Waals surface area contributed by atoms with Crippen LogP contribution in [0, 0.1) is 5.82 Å². The van der Waals surface area contributed by atoms with Crippen molar-refractivity contribution in [1.29, 1.82) is 0 Å². The van der Waals surface area contributed by atoms with Crippen LogP contribution in [-0.2, 0) is 0 Å². The van der Waals surface area contributed by atoms with Gasteiger partial charge >= 0.3 is 0 Å². The predicted octanol–water partition coefficient (Wildman–Crippen LogP) is 4.40. The molecule has 1 heterocycles. The number of halogens is 1. The first-order valence-electron chi connectivity index (χ1n) is 6.67. The van der Waals surface area contributed by atoms with Crippen LogP contribution < -0.4 is 5.32 Å². The fourth-order valence-corrected chi connectivity index (χ4v) is 3.05. The normalized spacial score (nSPS) is 12.7. The maximum atomic E-state index is 13.5. The van der Waals surface area contributed by atoms with Crippen molar-refractivity contribution in [3.05, 3.63) is 53.8 Å². The maximum absolute atomic E-state index is 13.5. The minimum Gasteiger partial charge on any atom is -0.431 e. The zero-order chi connectivity index (χ0) is 14.8. The van der Waals surface area contributed by atoms with E-state index in [-0.39, 0.29) is 11.9 Å². The number of para-hydroxylation sites is 2. The Hall–Kier alpha value is -1.85. The van der Waals surface area contributed by atoms with Gasteiger partial charge in [0.05, 0.1) is 0 Å². The number of oxazole rings is 1. The van der Waals surface area contributed by atoms with E-state index in [4.69, 9.17) is 4.42 Å². The Bertz CT molecular complexity index is 739. The molecule has 1 atom stereocenters. The Balaban J connectivity index is 1.97. The highest BCUT2D eigenvalue weighted by molar-refractivity contribution is 7.99. The lowest BCUT2D eigenvalue weighted by atomic mass is 10.1. The van der Waals surface area contributed by atoms with Gasteiger partial charge in [-0.15, -0.1) is 0 Å². The molecule has 0 saturated heterocycles. The molecule has 0 amide bonds. The van der Waals surface area contributed by atoms with Gasteiger partial charge in [-0.1, -0.05) is 12.1 Å². The minimum absolute atomic E-state index is 0.0487. The topological polar surface area (TPSA) is 38.1 Å². The number of fused-ring (bicyclic) bond motifs is 1. The molecule has 3 rings (SSSR count). The Morgan fingerprint density at radius 1 is 1.24 bits per heavy atom. The second-order valence-electron chi connectivity index (χ2n) is 4.74. The number of nitrogens with one attached hydrogen (secondary N) is 1. The van der Waals surface area contributed by atoms with Gasteiger partial charge in [0.2, 0.25) is 0 Å². The van der Waals surface area contributed by atoms with Crippen LogP contribution in [0.4, 0.5) is 4.39 Å². The van der Waals surface area contributed by atoms with Crippen LogP contribution in [0.3, 0.4) is 0 Å². The predicted molar refractivity (Wildman–Crippen MR) is 82.0 cm³/mol. The molecule has 5 heteroatoms. The summed E-state index contributed by atoms with van der Waals surface area (Å²) in [5.74, 6) is -0.242. The molecule has 0 aliphatic rings. The summed E-state index contributed by atoms with van der Waals surface area (Å²) in [5.41, 5.74) is 2.47. The summed E-state index contributed by atoms with van der Waals surface area (Å²) in [5, 5.41) is 3.69. The van der Waals surface area contributed by atoms with Gasteiger partial charge in [0, 0.05) is 10.9 Å². The van der Waals surface area contributed by atoms with Gasteiger partial charge in [0.25, 0.3) is 5.22 Å². The summed E-state index contributed by atoms with van der Waals surface area (Å²) in [6.07, 6.45) is 0. The van der Waals surface area contributed by atoms with Crippen molar-refractivity contribution in [2.24, 2.45) is 0 Å². The third-order valence-corrected chi connectivity index (χ3v) is 4.28. The van der Waals surface area contributed by atoms with Crippen LogP contribution in [0.25, 0.3) is 11.1 Å². The van der Waals surface area contributed by atoms with Gasteiger partial charge in [-0.3, -0.25) is 0 Å². The first kappa shape index (κ1) is 14.1. The molecule has 2 aromatic carbocycles. The molecule has 0 fully saturated rings. The lowest BCUT2D eigenvalue weighted by molar-refractivity contribution is 0.489. The lowest BCUT2D eigenvalue weighted by Crippen LogP contribution is -2.13. The average Bonchev–Trinajstić information content (AvgIpc) is 2.90. The van der Waals surface area contributed by atoms with Gasteiger partial charge in [0.15, 0.2) is 5.58 Å². The molecule has 1 unspecified atom stereocenters. The van der Waals surface area contributed by atoms with Gasteiger partial charge in [-0.2, -0.15) is 0 Å². The van der Waals surface area contributed by atoms with E-state index in [2.05, 4.69) is 10.3 Å². The van der Waals surface area contributed by atoms with Gasteiger partial charge in [0.1, 0.15) is 11.3 Å². The van der Waals surface area contributed by atoms with Crippen LogP contribution in [-0.4, -0.2) is 12.0 Å². The molecule has 21 heavy (non-hydrogen) atoms. The molecule has 0 spiro atoms. The van der Waals surface area contributed by atoms with E-state index in [1.54, 1.807) is 12.1 Å². The second kappa shape index (κ2) is 5.87. The van der Waals surface area contributed by atoms with Crippen LogP contribution in [0.5, 0.6) is 0 Å². The van der Waals surface area contributed by atoms with E-state index < -0.39 is 0 Å². The van der Waals surface area contributed by atoms with Crippen molar-refractivity contribution < 1.29 is 8.81 Å². The third-order valence-electron chi connectivity index (χ3n) is 3.34. The van der Waals surface area contributed by atoms with E-state index in [9.17, 15) is 4.39 Å².